The fourth-order valence-corrected chi connectivity index (χ4v) is 2.24. The quantitative estimate of drug-likeness (QED) is 0.886. The Balaban J connectivity index is 1.75. The van der Waals surface area contributed by atoms with Gasteiger partial charge in [0.25, 0.3) is 0 Å². The Morgan fingerprint density at radius 3 is 2.67 bits per heavy atom. The highest BCUT2D eigenvalue weighted by atomic mass is 19.1. The molecule has 0 amide bonds. The zero-order valence-corrected chi connectivity index (χ0v) is 12.1. The summed E-state index contributed by atoms with van der Waals surface area (Å²) >= 11 is 0. The number of rotatable bonds is 6. The summed E-state index contributed by atoms with van der Waals surface area (Å²) in [5.74, 6) is 0.415. The van der Waals surface area contributed by atoms with Gasteiger partial charge in [0, 0.05) is 19.1 Å². The van der Waals surface area contributed by atoms with Crippen LogP contribution in [-0.4, -0.2) is 22.6 Å². The van der Waals surface area contributed by atoms with Crippen molar-refractivity contribution in [3.8, 4) is 0 Å². The average Bonchev–Trinajstić information content (AvgIpc) is 3.33. The lowest BCUT2D eigenvalue weighted by Crippen LogP contribution is -2.20. The van der Waals surface area contributed by atoms with Crippen LogP contribution < -0.4 is 10.2 Å². The highest BCUT2D eigenvalue weighted by molar-refractivity contribution is 5.59. The third kappa shape index (κ3) is 3.36. The summed E-state index contributed by atoms with van der Waals surface area (Å²) in [6.45, 7) is 3.34. The Morgan fingerprint density at radius 2 is 2.05 bits per heavy atom. The molecule has 1 aromatic heterocycles. The van der Waals surface area contributed by atoms with E-state index in [1.165, 1.54) is 18.9 Å². The second-order valence-corrected chi connectivity index (χ2v) is 5.22. The number of aromatic nitrogens is 2. The first kappa shape index (κ1) is 13.9. The molecule has 1 fully saturated rings. The van der Waals surface area contributed by atoms with E-state index in [-0.39, 0.29) is 5.82 Å². The fourth-order valence-electron chi connectivity index (χ4n) is 2.24. The lowest BCUT2D eigenvalue weighted by molar-refractivity contribution is 0.625. The topological polar surface area (TPSA) is 41.1 Å². The van der Waals surface area contributed by atoms with Crippen LogP contribution in [0.4, 0.5) is 15.9 Å². The number of para-hydroxylation sites is 1. The van der Waals surface area contributed by atoms with E-state index in [0.29, 0.717) is 24.1 Å². The molecular weight excluding hydrogens is 267 g/mol. The van der Waals surface area contributed by atoms with E-state index in [4.69, 9.17) is 0 Å². The van der Waals surface area contributed by atoms with Gasteiger partial charge >= 0.3 is 0 Å². The molecule has 0 bridgehead atoms. The average molecular weight is 286 g/mol. The van der Waals surface area contributed by atoms with Gasteiger partial charge in [-0.25, -0.2) is 9.37 Å². The summed E-state index contributed by atoms with van der Waals surface area (Å²) in [5.41, 5.74) is 1.44. The number of nitrogens with one attached hydrogen (secondary N) is 1. The van der Waals surface area contributed by atoms with Crippen LogP contribution in [0.2, 0.25) is 0 Å². The van der Waals surface area contributed by atoms with Crippen LogP contribution >= 0.6 is 0 Å². The first-order valence-electron chi connectivity index (χ1n) is 7.34. The van der Waals surface area contributed by atoms with Gasteiger partial charge in [0.1, 0.15) is 5.82 Å². The maximum Gasteiger partial charge on any atom is 0.151 e. The smallest absolute Gasteiger partial charge is 0.151 e. The Labute approximate surface area is 124 Å². The van der Waals surface area contributed by atoms with Crippen LogP contribution in [0.1, 0.15) is 25.5 Å². The molecule has 1 heterocycles. The zero-order chi connectivity index (χ0) is 14.7. The minimum atomic E-state index is -0.249. The predicted molar refractivity (Wildman–Crippen MR) is 81.0 cm³/mol. The molecule has 4 nitrogen and oxygen atoms in total. The molecule has 0 atom stereocenters. The number of hydrogen-bond acceptors (Lipinski definition) is 4. The summed E-state index contributed by atoms with van der Waals surface area (Å²) in [4.78, 5) is 10.7. The van der Waals surface area contributed by atoms with Crippen molar-refractivity contribution in [2.24, 2.45) is 0 Å². The van der Waals surface area contributed by atoms with Crippen LogP contribution in [0.3, 0.4) is 0 Å². The normalized spacial score (nSPS) is 14.2. The van der Waals surface area contributed by atoms with Crippen molar-refractivity contribution < 1.29 is 4.39 Å². The molecule has 0 aliphatic heterocycles. The fraction of sp³-hybridized carbons (Fsp3) is 0.375. The van der Waals surface area contributed by atoms with Crippen LogP contribution in [-0.2, 0) is 6.54 Å². The van der Waals surface area contributed by atoms with Gasteiger partial charge in [-0.1, -0.05) is 12.1 Å². The highest BCUT2D eigenvalue weighted by Gasteiger charge is 2.20. The summed E-state index contributed by atoms with van der Waals surface area (Å²) in [7, 11) is 0. The lowest BCUT2D eigenvalue weighted by Gasteiger charge is -2.22. The number of benzene rings is 1. The highest BCUT2D eigenvalue weighted by Crippen LogP contribution is 2.25. The molecule has 1 aliphatic carbocycles. The van der Waals surface area contributed by atoms with E-state index >= 15 is 0 Å². The molecule has 2 aromatic rings. The number of anilines is 2. The predicted octanol–water partition coefficient (Wildman–Crippen LogP) is 3.03. The standard InChI is InChI=1S/C16H19FN4/c1-2-21(15-6-4-3-5-14(15)17)16-11-19-13(10-20-16)9-18-12-7-8-12/h3-6,10-12,18H,2,7-9H2,1H3. The summed E-state index contributed by atoms with van der Waals surface area (Å²) < 4.78 is 13.9. The minimum absolute atomic E-state index is 0.249. The van der Waals surface area contributed by atoms with Gasteiger partial charge in [0.2, 0.25) is 0 Å². The molecule has 0 spiro atoms. The molecule has 110 valence electrons. The molecule has 0 saturated heterocycles. The SMILES string of the molecule is CCN(c1cnc(CNC2CC2)cn1)c1ccccc1F. The van der Waals surface area contributed by atoms with Crippen LogP contribution in [0.15, 0.2) is 36.7 Å². The molecule has 1 N–H and O–H groups in total. The molecule has 1 aliphatic rings. The molecule has 21 heavy (non-hydrogen) atoms. The largest absolute Gasteiger partial charge is 0.323 e. The van der Waals surface area contributed by atoms with Crippen molar-refractivity contribution in [2.75, 3.05) is 11.4 Å². The van der Waals surface area contributed by atoms with E-state index in [1.54, 1.807) is 24.5 Å². The molecule has 3 rings (SSSR count). The molecule has 5 heteroatoms. The van der Waals surface area contributed by atoms with Crippen LogP contribution in [0.5, 0.6) is 0 Å². The van der Waals surface area contributed by atoms with E-state index < -0.39 is 0 Å². The van der Waals surface area contributed by atoms with Gasteiger partial charge in [-0.3, -0.25) is 4.98 Å². The Morgan fingerprint density at radius 1 is 1.24 bits per heavy atom. The summed E-state index contributed by atoms with van der Waals surface area (Å²) in [6, 6.07) is 7.37. The maximum atomic E-state index is 13.9. The van der Waals surface area contributed by atoms with Crippen LogP contribution in [0.25, 0.3) is 0 Å². The monoisotopic (exact) mass is 286 g/mol. The number of nitrogens with zero attached hydrogens (tertiary/aromatic N) is 3. The Bertz CT molecular complexity index is 595. The molecule has 0 radical (unpaired) electrons. The van der Waals surface area contributed by atoms with Crippen molar-refractivity contribution >= 4 is 11.5 Å². The second-order valence-electron chi connectivity index (χ2n) is 5.22. The van der Waals surface area contributed by atoms with E-state index in [2.05, 4.69) is 15.3 Å². The van der Waals surface area contributed by atoms with Gasteiger partial charge in [-0.05, 0) is 31.9 Å². The van der Waals surface area contributed by atoms with E-state index in [9.17, 15) is 4.39 Å². The zero-order valence-electron chi connectivity index (χ0n) is 12.1. The Hall–Kier alpha value is -2.01. The number of halogens is 1. The first-order valence-corrected chi connectivity index (χ1v) is 7.34. The lowest BCUT2D eigenvalue weighted by atomic mass is 10.2. The summed E-state index contributed by atoms with van der Waals surface area (Å²) in [5, 5.41) is 3.40. The third-order valence-corrected chi connectivity index (χ3v) is 3.58. The van der Waals surface area contributed by atoms with Crippen molar-refractivity contribution in [3.63, 3.8) is 0 Å². The maximum absolute atomic E-state index is 13.9. The number of hydrogen-bond donors (Lipinski definition) is 1. The summed E-state index contributed by atoms with van der Waals surface area (Å²) in [6.07, 6.45) is 5.97. The van der Waals surface area contributed by atoms with Gasteiger partial charge < -0.3 is 10.2 Å². The van der Waals surface area contributed by atoms with E-state index in [0.717, 1.165) is 12.2 Å². The van der Waals surface area contributed by atoms with Gasteiger partial charge in [0.05, 0.1) is 23.8 Å². The first-order chi connectivity index (χ1) is 10.3. The van der Waals surface area contributed by atoms with Gasteiger partial charge in [0.15, 0.2) is 5.82 Å². The van der Waals surface area contributed by atoms with E-state index in [1.807, 2.05) is 17.9 Å². The molecular formula is C16H19FN4. The molecule has 1 saturated carbocycles. The van der Waals surface area contributed by atoms with Crippen molar-refractivity contribution in [1.29, 1.82) is 0 Å². The van der Waals surface area contributed by atoms with Crippen molar-refractivity contribution in [3.05, 3.63) is 48.2 Å². The second kappa shape index (κ2) is 6.18. The van der Waals surface area contributed by atoms with Gasteiger partial charge in [-0.15, -0.1) is 0 Å². The van der Waals surface area contributed by atoms with Crippen molar-refractivity contribution in [2.45, 2.75) is 32.4 Å². The van der Waals surface area contributed by atoms with Crippen LogP contribution in [0, 0.1) is 5.82 Å². The van der Waals surface area contributed by atoms with Crippen molar-refractivity contribution in [1.82, 2.24) is 15.3 Å². The van der Waals surface area contributed by atoms with Gasteiger partial charge in [-0.2, -0.15) is 0 Å². The molecule has 1 aromatic carbocycles. The Kier molecular flexibility index (Phi) is 4.10. The third-order valence-electron chi connectivity index (χ3n) is 3.58. The molecule has 0 unspecified atom stereocenters. The minimum Gasteiger partial charge on any atom is -0.323 e.